The fourth-order valence-electron chi connectivity index (χ4n) is 2.49. The van der Waals surface area contributed by atoms with E-state index in [0.29, 0.717) is 23.3 Å². The van der Waals surface area contributed by atoms with Crippen molar-refractivity contribution in [3.8, 4) is 0 Å². The average molecular weight is 327 g/mol. The van der Waals surface area contributed by atoms with Gasteiger partial charge in [-0.3, -0.25) is 10.1 Å². The van der Waals surface area contributed by atoms with Crippen molar-refractivity contribution in [1.29, 1.82) is 0 Å². The van der Waals surface area contributed by atoms with Gasteiger partial charge in [-0.05, 0) is 37.3 Å². The molecule has 1 N–H and O–H groups in total. The number of methoxy groups -OCH3 is 1. The van der Waals surface area contributed by atoms with Crippen molar-refractivity contribution in [3.63, 3.8) is 0 Å². The molecule has 0 aliphatic heterocycles. The normalized spacial score (nSPS) is 12.2. The fraction of sp³-hybridized carbons (Fsp3) is 0.235. The quantitative estimate of drug-likeness (QED) is 0.546. The summed E-state index contributed by atoms with van der Waals surface area (Å²) in [5.41, 5.74) is 0.728. The van der Waals surface area contributed by atoms with Crippen molar-refractivity contribution >= 4 is 22.4 Å². The second kappa shape index (κ2) is 6.67. The number of hydrogen-bond acceptors (Lipinski definition) is 6. The molecule has 0 aliphatic carbocycles. The molecule has 1 unspecified atom stereocenters. The zero-order valence-corrected chi connectivity index (χ0v) is 13.4. The number of ether oxygens (including phenoxy) is 1. The number of nitrogens with one attached hydrogen (secondary N) is 1. The van der Waals surface area contributed by atoms with Gasteiger partial charge in [0, 0.05) is 24.6 Å². The molecule has 0 saturated heterocycles. The second-order valence-electron chi connectivity index (χ2n) is 5.43. The van der Waals surface area contributed by atoms with E-state index in [2.05, 4.69) is 10.3 Å². The number of hydrogen-bond donors (Lipinski definition) is 1. The number of aryl methyl sites for hydroxylation is 1. The minimum Gasteiger partial charge on any atom is -0.464 e. The molecular weight excluding hydrogens is 310 g/mol. The van der Waals surface area contributed by atoms with Crippen LogP contribution in [0.5, 0.6) is 0 Å². The van der Waals surface area contributed by atoms with Gasteiger partial charge in [0.1, 0.15) is 23.4 Å². The number of pyridine rings is 1. The summed E-state index contributed by atoms with van der Waals surface area (Å²) < 4.78 is 10.9. The van der Waals surface area contributed by atoms with E-state index < -0.39 is 4.92 Å². The van der Waals surface area contributed by atoms with E-state index in [0.717, 1.165) is 11.5 Å². The molecule has 1 atom stereocenters. The molecule has 124 valence electrons. The minimum absolute atomic E-state index is 0.0494. The third kappa shape index (κ3) is 3.36. The highest BCUT2D eigenvalue weighted by molar-refractivity contribution is 5.82. The lowest BCUT2D eigenvalue weighted by Crippen LogP contribution is -2.16. The summed E-state index contributed by atoms with van der Waals surface area (Å²) in [7, 11) is 1.62. The lowest BCUT2D eigenvalue weighted by Gasteiger charge is -2.16. The van der Waals surface area contributed by atoms with Gasteiger partial charge in [0.2, 0.25) is 0 Å². The van der Waals surface area contributed by atoms with E-state index in [-0.39, 0.29) is 11.7 Å². The predicted molar refractivity (Wildman–Crippen MR) is 90.1 cm³/mol. The molecule has 1 aromatic carbocycles. The number of rotatable bonds is 6. The van der Waals surface area contributed by atoms with E-state index in [4.69, 9.17) is 9.15 Å². The van der Waals surface area contributed by atoms with Gasteiger partial charge in [-0.25, -0.2) is 4.98 Å². The highest BCUT2D eigenvalue weighted by Crippen LogP contribution is 2.24. The Morgan fingerprint density at radius 2 is 2.12 bits per heavy atom. The lowest BCUT2D eigenvalue weighted by atomic mass is 10.2. The number of benzene rings is 1. The Labute approximate surface area is 138 Å². The SMILES string of the molecule is COCC(Nc1ccc2cc([N+](=O)[O-])ccc2n1)c1ccc(C)o1. The van der Waals surface area contributed by atoms with Gasteiger partial charge >= 0.3 is 0 Å². The lowest BCUT2D eigenvalue weighted by molar-refractivity contribution is -0.384. The maximum atomic E-state index is 10.8. The Bertz CT molecular complexity index is 875. The number of furan rings is 1. The monoisotopic (exact) mass is 327 g/mol. The number of non-ortho nitro benzene ring substituents is 1. The summed E-state index contributed by atoms with van der Waals surface area (Å²) in [6.07, 6.45) is 0. The number of aromatic nitrogens is 1. The van der Waals surface area contributed by atoms with Crippen LogP contribution in [0.2, 0.25) is 0 Å². The number of fused-ring (bicyclic) bond motifs is 1. The van der Waals surface area contributed by atoms with Crippen LogP contribution in [0.3, 0.4) is 0 Å². The van der Waals surface area contributed by atoms with Crippen molar-refractivity contribution in [3.05, 3.63) is 64.1 Å². The first-order valence-corrected chi connectivity index (χ1v) is 7.44. The molecule has 7 heteroatoms. The molecule has 0 radical (unpaired) electrons. The van der Waals surface area contributed by atoms with Crippen LogP contribution in [-0.4, -0.2) is 23.6 Å². The molecule has 2 heterocycles. The molecule has 0 bridgehead atoms. The summed E-state index contributed by atoms with van der Waals surface area (Å²) in [4.78, 5) is 14.9. The van der Waals surface area contributed by atoms with Gasteiger partial charge in [-0.1, -0.05) is 0 Å². The van der Waals surface area contributed by atoms with Crippen LogP contribution in [0, 0.1) is 17.0 Å². The Kier molecular flexibility index (Phi) is 4.43. The molecular formula is C17H17N3O4. The summed E-state index contributed by atoms with van der Waals surface area (Å²) in [5.74, 6) is 2.24. The molecule has 3 aromatic rings. The maximum Gasteiger partial charge on any atom is 0.270 e. The molecule has 0 amide bonds. The van der Waals surface area contributed by atoms with Crippen LogP contribution < -0.4 is 5.32 Å². The minimum atomic E-state index is -0.417. The number of nitro benzene ring substituents is 1. The van der Waals surface area contributed by atoms with E-state index in [1.165, 1.54) is 12.1 Å². The van der Waals surface area contributed by atoms with E-state index >= 15 is 0 Å². The van der Waals surface area contributed by atoms with Gasteiger partial charge in [-0.2, -0.15) is 0 Å². The summed E-state index contributed by atoms with van der Waals surface area (Å²) >= 11 is 0. The van der Waals surface area contributed by atoms with Gasteiger partial charge < -0.3 is 14.5 Å². The smallest absolute Gasteiger partial charge is 0.270 e. The standard InChI is InChI=1S/C17H17N3O4/c1-11-3-7-16(24-11)15(10-23-2)19-17-8-4-12-9-13(20(21)22)5-6-14(12)18-17/h3-9,15H,10H2,1-2H3,(H,18,19). The summed E-state index contributed by atoms with van der Waals surface area (Å²) in [5, 5.41) is 14.8. The number of nitrogens with zero attached hydrogens (tertiary/aromatic N) is 2. The first-order valence-electron chi connectivity index (χ1n) is 7.44. The molecule has 0 fully saturated rings. The highest BCUT2D eigenvalue weighted by Gasteiger charge is 2.16. The molecule has 7 nitrogen and oxygen atoms in total. The van der Waals surface area contributed by atoms with Crippen LogP contribution in [0.1, 0.15) is 17.6 Å². The molecule has 24 heavy (non-hydrogen) atoms. The van der Waals surface area contributed by atoms with E-state index in [1.54, 1.807) is 25.3 Å². The third-order valence-electron chi connectivity index (χ3n) is 3.64. The second-order valence-corrected chi connectivity index (χ2v) is 5.43. The first kappa shape index (κ1) is 15.9. The van der Waals surface area contributed by atoms with Gasteiger partial charge in [0.05, 0.1) is 17.0 Å². The van der Waals surface area contributed by atoms with Crippen molar-refractivity contribution in [2.45, 2.75) is 13.0 Å². The van der Waals surface area contributed by atoms with Crippen LogP contribution in [-0.2, 0) is 4.74 Å². The van der Waals surface area contributed by atoms with Crippen LogP contribution in [0.15, 0.2) is 46.9 Å². The zero-order chi connectivity index (χ0) is 17.1. The predicted octanol–water partition coefficient (Wildman–Crippen LogP) is 3.84. The highest BCUT2D eigenvalue weighted by atomic mass is 16.6. The Morgan fingerprint density at radius 3 is 2.79 bits per heavy atom. The van der Waals surface area contributed by atoms with Gasteiger partial charge in [-0.15, -0.1) is 0 Å². The fourth-order valence-corrected chi connectivity index (χ4v) is 2.49. The Morgan fingerprint density at radius 1 is 1.29 bits per heavy atom. The van der Waals surface area contributed by atoms with Crippen LogP contribution in [0.4, 0.5) is 11.5 Å². The van der Waals surface area contributed by atoms with Crippen LogP contribution in [0.25, 0.3) is 10.9 Å². The topological polar surface area (TPSA) is 90.4 Å². The van der Waals surface area contributed by atoms with Crippen molar-refractivity contribution in [2.24, 2.45) is 0 Å². The van der Waals surface area contributed by atoms with E-state index in [1.807, 2.05) is 19.1 Å². The van der Waals surface area contributed by atoms with Crippen LogP contribution >= 0.6 is 0 Å². The number of nitro groups is 1. The summed E-state index contributed by atoms with van der Waals surface area (Å²) in [6, 6.07) is 11.8. The largest absolute Gasteiger partial charge is 0.464 e. The molecule has 2 aromatic heterocycles. The maximum absolute atomic E-state index is 10.8. The van der Waals surface area contributed by atoms with Crippen molar-refractivity contribution < 1.29 is 14.1 Å². The molecule has 0 spiro atoms. The molecule has 3 rings (SSSR count). The van der Waals surface area contributed by atoms with E-state index in [9.17, 15) is 10.1 Å². The number of anilines is 1. The van der Waals surface area contributed by atoms with Crippen molar-refractivity contribution in [2.75, 3.05) is 19.0 Å². The summed E-state index contributed by atoms with van der Waals surface area (Å²) in [6.45, 7) is 2.31. The Hall–Kier alpha value is -2.93. The van der Waals surface area contributed by atoms with Gasteiger partial charge in [0.15, 0.2) is 0 Å². The van der Waals surface area contributed by atoms with Crippen molar-refractivity contribution in [1.82, 2.24) is 4.98 Å². The molecule has 0 aliphatic rings. The molecule has 0 saturated carbocycles. The first-order chi connectivity index (χ1) is 11.6. The zero-order valence-electron chi connectivity index (χ0n) is 13.4. The third-order valence-corrected chi connectivity index (χ3v) is 3.64. The average Bonchev–Trinajstić information content (AvgIpc) is 3.00. The van der Waals surface area contributed by atoms with Gasteiger partial charge in [0.25, 0.3) is 5.69 Å². The Balaban J connectivity index is 1.87.